The van der Waals surface area contributed by atoms with Crippen LogP contribution in [-0.2, 0) is 16.8 Å². The maximum atomic E-state index is 12.7. The van der Waals surface area contributed by atoms with E-state index < -0.39 is 5.41 Å². The number of rotatable bonds is 5. The van der Waals surface area contributed by atoms with E-state index in [4.69, 9.17) is 4.52 Å². The van der Waals surface area contributed by atoms with E-state index in [2.05, 4.69) is 20.6 Å². The van der Waals surface area contributed by atoms with Crippen molar-refractivity contribution in [1.29, 1.82) is 0 Å². The molecule has 0 spiro atoms. The molecule has 0 aromatic carbocycles. The van der Waals surface area contributed by atoms with Gasteiger partial charge in [-0.05, 0) is 38.7 Å². The summed E-state index contributed by atoms with van der Waals surface area (Å²) in [6, 6.07) is 1.71. The van der Waals surface area contributed by atoms with Crippen molar-refractivity contribution in [1.82, 2.24) is 30.1 Å². The van der Waals surface area contributed by atoms with E-state index in [1.54, 1.807) is 23.9 Å². The van der Waals surface area contributed by atoms with Crippen molar-refractivity contribution < 1.29 is 14.1 Å². The fraction of sp³-hybridized carbons (Fsp3) is 0.650. The maximum absolute atomic E-state index is 12.7. The Balaban J connectivity index is 1.54. The summed E-state index contributed by atoms with van der Waals surface area (Å²) in [5, 5.41) is 11.4. The molecule has 9 nitrogen and oxygen atoms in total. The van der Waals surface area contributed by atoms with Crippen molar-refractivity contribution in [2.24, 2.45) is 11.8 Å². The van der Waals surface area contributed by atoms with Gasteiger partial charge in [0.15, 0.2) is 5.82 Å². The molecule has 2 aromatic heterocycles. The first kappa shape index (κ1) is 19.6. The lowest BCUT2D eigenvalue weighted by molar-refractivity contribution is -0.133. The van der Waals surface area contributed by atoms with Crippen LogP contribution in [0.15, 0.2) is 16.8 Å². The maximum Gasteiger partial charge on any atom is 0.271 e. The van der Waals surface area contributed by atoms with Crippen LogP contribution in [0.25, 0.3) is 0 Å². The van der Waals surface area contributed by atoms with Crippen molar-refractivity contribution >= 4 is 11.8 Å². The highest BCUT2D eigenvalue weighted by molar-refractivity contribution is 5.92. The minimum atomic E-state index is -0.410. The molecule has 4 rings (SSSR count). The Morgan fingerprint density at radius 3 is 2.83 bits per heavy atom. The zero-order valence-electron chi connectivity index (χ0n) is 17.4. The Hall–Kier alpha value is -2.71. The summed E-state index contributed by atoms with van der Waals surface area (Å²) in [6.45, 7) is 9.52. The SMILES string of the molecule is CCn1ccc(C(=O)N[C@@H]2CC3CN(C(=O)C(C)C)C[C@@]3(c3nc(C)no3)C2)n1. The number of carbonyl (C=O) groups is 2. The molecule has 1 aliphatic carbocycles. The van der Waals surface area contributed by atoms with Crippen LogP contribution in [0.4, 0.5) is 0 Å². The number of aryl methyl sites for hydroxylation is 2. The number of fused-ring (bicyclic) bond motifs is 1. The highest BCUT2D eigenvalue weighted by Gasteiger charge is 2.58. The highest BCUT2D eigenvalue weighted by Crippen LogP contribution is 2.50. The second-order valence-corrected chi connectivity index (χ2v) is 8.54. The van der Waals surface area contributed by atoms with Crippen molar-refractivity contribution in [2.75, 3.05) is 13.1 Å². The summed E-state index contributed by atoms with van der Waals surface area (Å²) < 4.78 is 7.30. The fourth-order valence-electron chi connectivity index (χ4n) is 4.76. The number of aromatic nitrogens is 4. The van der Waals surface area contributed by atoms with Crippen LogP contribution in [0.3, 0.4) is 0 Å². The number of nitrogens with one attached hydrogen (secondary N) is 1. The molecule has 3 heterocycles. The topological polar surface area (TPSA) is 106 Å². The van der Waals surface area contributed by atoms with Crippen LogP contribution in [0.5, 0.6) is 0 Å². The Labute approximate surface area is 169 Å². The molecule has 3 atom stereocenters. The second kappa shape index (κ2) is 7.27. The lowest BCUT2D eigenvalue weighted by Gasteiger charge is -2.26. The standard InChI is InChI=1S/C20H28N6O3/c1-5-26-7-6-16(23-26)17(27)22-15-8-14-10-25(18(28)12(2)3)11-20(14,9-15)19-21-13(4)24-29-19/h6-7,12,14-15H,5,8-11H2,1-4H3,(H,22,27)/t14?,15-,20+/m1/s1. The first-order chi connectivity index (χ1) is 13.8. The molecule has 1 unspecified atom stereocenters. The summed E-state index contributed by atoms with van der Waals surface area (Å²) in [4.78, 5) is 31.7. The summed E-state index contributed by atoms with van der Waals surface area (Å²) in [5.41, 5.74) is 0.00945. The molecule has 0 radical (unpaired) electrons. The van der Waals surface area contributed by atoms with Gasteiger partial charge < -0.3 is 14.7 Å². The fourth-order valence-corrected chi connectivity index (χ4v) is 4.76. The van der Waals surface area contributed by atoms with Crippen molar-refractivity contribution in [2.45, 2.75) is 58.5 Å². The summed E-state index contributed by atoms with van der Waals surface area (Å²) >= 11 is 0. The predicted octanol–water partition coefficient (Wildman–Crippen LogP) is 1.54. The van der Waals surface area contributed by atoms with Crippen LogP contribution in [-0.4, -0.2) is 55.8 Å². The van der Waals surface area contributed by atoms with Crippen LogP contribution < -0.4 is 5.32 Å². The van der Waals surface area contributed by atoms with Gasteiger partial charge in [-0.15, -0.1) is 0 Å². The van der Waals surface area contributed by atoms with E-state index in [0.29, 0.717) is 36.9 Å². The normalized spacial score (nSPS) is 26.2. The minimum Gasteiger partial charge on any atom is -0.348 e. The van der Waals surface area contributed by atoms with Gasteiger partial charge in [0.05, 0.1) is 5.41 Å². The van der Waals surface area contributed by atoms with E-state index in [-0.39, 0.29) is 29.7 Å². The van der Waals surface area contributed by atoms with Crippen LogP contribution >= 0.6 is 0 Å². The molecule has 29 heavy (non-hydrogen) atoms. The Morgan fingerprint density at radius 1 is 1.41 bits per heavy atom. The monoisotopic (exact) mass is 400 g/mol. The van der Waals surface area contributed by atoms with Gasteiger partial charge in [-0.25, -0.2) is 0 Å². The summed E-state index contributed by atoms with van der Waals surface area (Å²) in [5.74, 6) is 1.24. The molecule has 1 aliphatic heterocycles. The molecule has 2 fully saturated rings. The molecule has 2 aromatic rings. The molecule has 2 aliphatic rings. The lowest BCUT2D eigenvalue weighted by Crippen LogP contribution is -2.40. The number of hydrogen-bond acceptors (Lipinski definition) is 6. The Bertz CT molecular complexity index is 919. The lowest BCUT2D eigenvalue weighted by atomic mass is 9.80. The second-order valence-electron chi connectivity index (χ2n) is 8.54. The van der Waals surface area contributed by atoms with Gasteiger partial charge in [-0.1, -0.05) is 19.0 Å². The minimum absolute atomic E-state index is 0.0252. The van der Waals surface area contributed by atoms with Crippen LogP contribution in [0.1, 0.15) is 55.8 Å². The average molecular weight is 400 g/mol. The van der Waals surface area contributed by atoms with Crippen molar-refractivity contribution in [3.8, 4) is 0 Å². The smallest absolute Gasteiger partial charge is 0.271 e. The third kappa shape index (κ3) is 3.42. The molecule has 1 saturated heterocycles. The largest absolute Gasteiger partial charge is 0.348 e. The number of likely N-dealkylation sites (tertiary alicyclic amines) is 1. The van der Waals surface area contributed by atoms with Gasteiger partial charge in [0.25, 0.3) is 5.91 Å². The van der Waals surface area contributed by atoms with E-state index in [9.17, 15) is 9.59 Å². The molecular weight excluding hydrogens is 372 g/mol. The van der Waals surface area contributed by atoms with Crippen molar-refractivity contribution in [3.05, 3.63) is 29.7 Å². The summed E-state index contributed by atoms with van der Waals surface area (Å²) in [7, 11) is 0. The van der Waals surface area contributed by atoms with Gasteiger partial charge in [0.1, 0.15) is 5.69 Å². The van der Waals surface area contributed by atoms with Gasteiger partial charge in [0, 0.05) is 37.8 Å². The first-order valence-corrected chi connectivity index (χ1v) is 10.3. The zero-order valence-corrected chi connectivity index (χ0v) is 17.4. The summed E-state index contributed by atoms with van der Waals surface area (Å²) in [6.07, 6.45) is 3.24. The quantitative estimate of drug-likeness (QED) is 0.816. The van der Waals surface area contributed by atoms with Gasteiger partial charge in [-0.3, -0.25) is 14.3 Å². The molecule has 156 valence electrons. The predicted molar refractivity (Wildman–Crippen MR) is 104 cm³/mol. The van der Waals surface area contributed by atoms with Crippen LogP contribution in [0.2, 0.25) is 0 Å². The van der Waals surface area contributed by atoms with E-state index in [1.165, 1.54) is 0 Å². The molecule has 1 N–H and O–H groups in total. The van der Waals surface area contributed by atoms with Crippen molar-refractivity contribution in [3.63, 3.8) is 0 Å². The first-order valence-electron chi connectivity index (χ1n) is 10.3. The third-order valence-electron chi connectivity index (χ3n) is 6.17. The number of nitrogens with zero attached hydrogens (tertiary/aromatic N) is 5. The third-order valence-corrected chi connectivity index (χ3v) is 6.17. The molecule has 9 heteroatoms. The zero-order chi connectivity index (χ0) is 20.8. The van der Waals surface area contributed by atoms with E-state index in [0.717, 1.165) is 13.0 Å². The van der Waals surface area contributed by atoms with Gasteiger partial charge >= 0.3 is 0 Å². The highest BCUT2D eigenvalue weighted by atomic mass is 16.5. The van der Waals surface area contributed by atoms with Gasteiger partial charge in [0.2, 0.25) is 11.8 Å². The van der Waals surface area contributed by atoms with E-state index >= 15 is 0 Å². The van der Waals surface area contributed by atoms with E-state index in [1.807, 2.05) is 25.7 Å². The van der Waals surface area contributed by atoms with Crippen LogP contribution in [0, 0.1) is 18.8 Å². The average Bonchev–Trinajstić information content (AvgIpc) is 3.42. The number of amides is 2. The van der Waals surface area contributed by atoms with Gasteiger partial charge in [-0.2, -0.15) is 10.1 Å². The Kier molecular flexibility index (Phi) is 4.92. The Morgan fingerprint density at radius 2 is 2.21 bits per heavy atom. The molecule has 0 bridgehead atoms. The molecular formula is C20H28N6O3. The number of carbonyl (C=O) groups excluding carboxylic acids is 2. The molecule has 1 saturated carbocycles. The molecule has 2 amide bonds. The number of hydrogen-bond donors (Lipinski definition) is 1.